The second-order valence-corrected chi connectivity index (χ2v) is 9.54. The van der Waals surface area contributed by atoms with Crippen LogP contribution in [0.5, 0.6) is 0 Å². The third kappa shape index (κ3) is 3.50. The van der Waals surface area contributed by atoms with E-state index in [0.717, 1.165) is 37.0 Å². The zero-order valence-electron chi connectivity index (χ0n) is 17.1. The predicted octanol–water partition coefficient (Wildman–Crippen LogP) is 2.48. The van der Waals surface area contributed by atoms with Crippen molar-refractivity contribution in [2.45, 2.75) is 63.5 Å². The summed E-state index contributed by atoms with van der Waals surface area (Å²) < 4.78 is 5.43. The smallest absolute Gasteiger partial charge is 0.312 e. The van der Waals surface area contributed by atoms with Crippen molar-refractivity contribution in [2.24, 2.45) is 17.8 Å². The molecular weight excluding hydrogens is 382 g/mol. The number of nitrogens with zero attached hydrogens (tertiary/aromatic N) is 1. The van der Waals surface area contributed by atoms with Crippen LogP contribution in [0.1, 0.15) is 51.1 Å². The molecule has 7 heteroatoms. The molecule has 1 amide bonds. The molecule has 0 saturated heterocycles. The lowest BCUT2D eigenvalue weighted by Crippen LogP contribution is -2.61. The summed E-state index contributed by atoms with van der Waals surface area (Å²) in [7, 11) is 0. The third-order valence-corrected chi connectivity index (χ3v) is 7.19. The van der Waals surface area contributed by atoms with E-state index in [4.69, 9.17) is 4.74 Å². The summed E-state index contributed by atoms with van der Waals surface area (Å²) in [6.07, 6.45) is 6.11. The monoisotopic (exact) mass is 409 g/mol. The Hall–Kier alpha value is -2.70. The first-order valence-electron chi connectivity index (χ1n) is 10.9. The molecule has 2 N–H and O–H groups in total. The van der Waals surface area contributed by atoms with Crippen molar-refractivity contribution in [2.75, 3.05) is 0 Å². The lowest BCUT2D eigenvalue weighted by atomic mass is 9.53. The van der Waals surface area contributed by atoms with Gasteiger partial charge >= 0.3 is 5.97 Å². The third-order valence-electron chi connectivity index (χ3n) is 7.19. The van der Waals surface area contributed by atoms with Crippen molar-refractivity contribution in [3.05, 3.63) is 40.3 Å². The fourth-order valence-corrected chi connectivity index (χ4v) is 6.36. The van der Waals surface area contributed by atoms with Gasteiger partial charge in [-0.1, -0.05) is 18.2 Å². The maximum atomic E-state index is 12.8. The summed E-state index contributed by atoms with van der Waals surface area (Å²) in [5, 5.41) is 10.8. The molecule has 7 nitrogen and oxygen atoms in total. The van der Waals surface area contributed by atoms with Crippen LogP contribution >= 0.6 is 0 Å². The number of benzene rings is 1. The zero-order chi connectivity index (χ0) is 20.9. The highest BCUT2D eigenvalue weighted by Crippen LogP contribution is 2.55. The minimum Gasteiger partial charge on any atom is -0.452 e. The Balaban J connectivity index is 1.23. The molecule has 4 fully saturated rings. The second kappa shape index (κ2) is 7.22. The molecule has 1 heterocycles. The highest BCUT2D eigenvalue weighted by molar-refractivity contribution is 5.88. The number of hydrogen-bond acceptors (Lipinski definition) is 5. The molecular formula is C23H27N3O4. The summed E-state index contributed by atoms with van der Waals surface area (Å²) in [5.74, 6) is 1.44. The van der Waals surface area contributed by atoms with Gasteiger partial charge in [0.25, 0.3) is 11.5 Å². The number of amides is 1. The molecule has 4 aliphatic rings. The van der Waals surface area contributed by atoms with Crippen LogP contribution in [0.4, 0.5) is 0 Å². The quantitative estimate of drug-likeness (QED) is 0.739. The molecule has 158 valence electrons. The van der Waals surface area contributed by atoms with Gasteiger partial charge < -0.3 is 10.1 Å². The van der Waals surface area contributed by atoms with E-state index in [1.165, 1.54) is 19.3 Å². The maximum Gasteiger partial charge on any atom is 0.312 e. The van der Waals surface area contributed by atoms with E-state index < -0.39 is 12.1 Å². The molecule has 2 aromatic rings. The lowest BCUT2D eigenvalue weighted by molar-refractivity contribution is -0.156. The van der Waals surface area contributed by atoms with Gasteiger partial charge in [0.05, 0.1) is 17.5 Å². The summed E-state index contributed by atoms with van der Waals surface area (Å²) in [6.45, 7) is 1.62. The van der Waals surface area contributed by atoms with Gasteiger partial charge in [0, 0.05) is 10.9 Å². The molecule has 1 aromatic carbocycles. The van der Waals surface area contributed by atoms with Gasteiger partial charge in [0.2, 0.25) is 0 Å². The van der Waals surface area contributed by atoms with E-state index in [0.29, 0.717) is 16.5 Å². The molecule has 0 aliphatic heterocycles. The Morgan fingerprint density at radius 1 is 1.13 bits per heavy atom. The summed E-state index contributed by atoms with van der Waals surface area (Å²) in [5.41, 5.74) is 0.0262. The van der Waals surface area contributed by atoms with Gasteiger partial charge in [0.15, 0.2) is 6.10 Å². The average Bonchev–Trinajstić information content (AvgIpc) is 2.69. The number of H-pyrrole nitrogens is 1. The van der Waals surface area contributed by atoms with E-state index in [1.807, 2.05) is 0 Å². The van der Waals surface area contributed by atoms with Gasteiger partial charge in [-0.05, 0) is 69.3 Å². The van der Waals surface area contributed by atoms with Gasteiger partial charge in [-0.25, -0.2) is 5.10 Å². The van der Waals surface area contributed by atoms with Crippen LogP contribution in [-0.4, -0.2) is 33.7 Å². The lowest BCUT2D eigenvalue weighted by Gasteiger charge is -2.57. The Morgan fingerprint density at radius 3 is 2.37 bits per heavy atom. The number of hydrogen-bond donors (Lipinski definition) is 2. The topological polar surface area (TPSA) is 101 Å². The highest BCUT2D eigenvalue weighted by atomic mass is 16.5. The number of nitrogens with one attached hydrogen (secondary N) is 2. The van der Waals surface area contributed by atoms with Crippen molar-refractivity contribution < 1.29 is 14.3 Å². The SMILES string of the molecule is C[C@@H](OC(=O)Cc1n[nH]c(=O)c2ccccc12)C(=O)NC12CC3CC(CC(C3)C1)C2. The van der Waals surface area contributed by atoms with Crippen LogP contribution in [0.25, 0.3) is 10.8 Å². The largest absolute Gasteiger partial charge is 0.452 e. The van der Waals surface area contributed by atoms with Crippen molar-refractivity contribution in [3.8, 4) is 0 Å². The normalized spacial score (nSPS) is 30.2. The van der Waals surface area contributed by atoms with Gasteiger partial charge in [0.1, 0.15) is 0 Å². The highest BCUT2D eigenvalue weighted by Gasteiger charge is 2.51. The number of ether oxygens (including phenoxy) is 1. The van der Waals surface area contributed by atoms with Crippen molar-refractivity contribution in [1.82, 2.24) is 15.5 Å². The van der Waals surface area contributed by atoms with Gasteiger partial charge in [-0.3, -0.25) is 14.4 Å². The Labute approximate surface area is 174 Å². The molecule has 30 heavy (non-hydrogen) atoms. The van der Waals surface area contributed by atoms with Crippen molar-refractivity contribution in [3.63, 3.8) is 0 Å². The molecule has 4 bridgehead atoms. The Kier molecular flexibility index (Phi) is 4.64. The fraction of sp³-hybridized carbons (Fsp3) is 0.565. The van der Waals surface area contributed by atoms with Crippen LogP contribution in [0.2, 0.25) is 0 Å². The van der Waals surface area contributed by atoms with Gasteiger partial charge in [-0.2, -0.15) is 5.10 Å². The molecule has 0 spiro atoms. The first kappa shape index (κ1) is 19.3. The van der Waals surface area contributed by atoms with Crippen LogP contribution in [0.3, 0.4) is 0 Å². The summed E-state index contributed by atoms with van der Waals surface area (Å²) in [6, 6.07) is 6.99. The standard InChI is InChI=1S/C23H27N3O4/c1-13(21(28)24-23-10-14-6-15(11-23)8-16(7-14)12-23)30-20(27)9-19-17-4-2-3-5-18(17)22(29)26-25-19/h2-5,13-16H,6-12H2,1H3,(H,24,28)(H,26,29)/t13-,14?,15?,16?,23?/m1/s1. The first-order chi connectivity index (χ1) is 14.4. The molecule has 6 rings (SSSR count). The molecule has 4 aliphatic carbocycles. The first-order valence-corrected chi connectivity index (χ1v) is 10.9. The van der Waals surface area contributed by atoms with Crippen LogP contribution in [0, 0.1) is 17.8 Å². The molecule has 4 saturated carbocycles. The minimum absolute atomic E-state index is 0.105. The summed E-state index contributed by atoms with van der Waals surface area (Å²) in [4.78, 5) is 37.2. The van der Waals surface area contributed by atoms with E-state index in [9.17, 15) is 14.4 Å². The maximum absolute atomic E-state index is 12.8. The van der Waals surface area contributed by atoms with Gasteiger partial charge in [-0.15, -0.1) is 0 Å². The van der Waals surface area contributed by atoms with Crippen molar-refractivity contribution >= 4 is 22.6 Å². The van der Waals surface area contributed by atoms with Crippen LogP contribution in [-0.2, 0) is 20.7 Å². The van der Waals surface area contributed by atoms with Crippen LogP contribution in [0.15, 0.2) is 29.1 Å². The van der Waals surface area contributed by atoms with E-state index in [1.54, 1.807) is 31.2 Å². The number of fused-ring (bicyclic) bond motifs is 1. The van der Waals surface area contributed by atoms with E-state index in [2.05, 4.69) is 15.5 Å². The number of carbonyl (C=O) groups excluding carboxylic acids is 2. The molecule has 1 aromatic heterocycles. The number of esters is 1. The number of carbonyl (C=O) groups is 2. The fourth-order valence-electron chi connectivity index (χ4n) is 6.36. The Bertz CT molecular complexity index is 1020. The average molecular weight is 409 g/mol. The van der Waals surface area contributed by atoms with E-state index >= 15 is 0 Å². The number of rotatable bonds is 5. The minimum atomic E-state index is -0.862. The molecule has 0 radical (unpaired) electrons. The summed E-state index contributed by atoms with van der Waals surface area (Å²) >= 11 is 0. The molecule has 1 atom stereocenters. The molecule has 0 unspecified atom stereocenters. The number of aromatic nitrogens is 2. The Morgan fingerprint density at radius 2 is 1.73 bits per heavy atom. The number of aromatic amines is 1. The van der Waals surface area contributed by atoms with Crippen LogP contribution < -0.4 is 10.9 Å². The predicted molar refractivity (Wildman–Crippen MR) is 111 cm³/mol. The zero-order valence-corrected chi connectivity index (χ0v) is 17.1. The van der Waals surface area contributed by atoms with E-state index in [-0.39, 0.29) is 23.4 Å². The second-order valence-electron chi connectivity index (χ2n) is 9.54. The van der Waals surface area contributed by atoms with Crippen molar-refractivity contribution in [1.29, 1.82) is 0 Å².